The molecule has 4 heteroatoms. The lowest BCUT2D eigenvalue weighted by Gasteiger charge is -2.16. The van der Waals surface area contributed by atoms with Gasteiger partial charge in [-0.2, -0.15) is 0 Å². The highest BCUT2D eigenvalue weighted by Gasteiger charge is 2.10. The number of rotatable bonds is 4. The molecule has 0 aliphatic rings. The molecule has 0 bridgehead atoms. The van der Waals surface area contributed by atoms with Crippen LogP contribution < -0.4 is 11.1 Å². The number of furan rings is 1. The highest BCUT2D eigenvalue weighted by molar-refractivity contribution is 9.10. The van der Waals surface area contributed by atoms with Gasteiger partial charge in [0.15, 0.2) is 0 Å². The zero-order valence-corrected chi connectivity index (χ0v) is 10.3. The minimum absolute atomic E-state index is 0.0833. The second-order valence-electron chi connectivity index (χ2n) is 3.50. The number of halogens is 1. The topological polar surface area (TPSA) is 51.2 Å². The Bertz CT molecular complexity index is 425. The lowest BCUT2D eigenvalue weighted by Crippen LogP contribution is -2.19. The summed E-state index contributed by atoms with van der Waals surface area (Å²) in [5.74, 6) is 0. The highest BCUT2D eigenvalue weighted by atomic mass is 79.9. The molecule has 0 amide bonds. The number of nitrogens with two attached hydrogens (primary N) is 1. The maximum absolute atomic E-state index is 5.73. The van der Waals surface area contributed by atoms with Crippen molar-refractivity contribution in [1.82, 2.24) is 0 Å². The van der Waals surface area contributed by atoms with Gasteiger partial charge in [-0.1, -0.05) is 15.9 Å². The summed E-state index contributed by atoms with van der Waals surface area (Å²) in [4.78, 5) is 0. The van der Waals surface area contributed by atoms with Crippen molar-refractivity contribution in [3.63, 3.8) is 0 Å². The van der Waals surface area contributed by atoms with Crippen LogP contribution in [-0.2, 0) is 0 Å². The number of anilines is 1. The van der Waals surface area contributed by atoms with E-state index in [0.717, 1.165) is 15.7 Å². The Morgan fingerprint density at radius 3 is 2.56 bits per heavy atom. The summed E-state index contributed by atoms with van der Waals surface area (Å²) in [7, 11) is 0. The molecular formula is C12H13BrN2O. The van der Waals surface area contributed by atoms with E-state index in [2.05, 4.69) is 21.2 Å². The molecule has 0 saturated carbocycles. The standard InChI is InChI=1S/C12H13BrN2O/c13-10-1-3-11(4-2-10)15-12(7-14)9-5-6-16-8-9/h1-6,8,12,15H,7,14H2. The van der Waals surface area contributed by atoms with E-state index < -0.39 is 0 Å². The Hall–Kier alpha value is -1.26. The second kappa shape index (κ2) is 5.18. The molecular weight excluding hydrogens is 268 g/mol. The van der Waals surface area contributed by atoms with Crippen LogP contribution in [0.4, 0.5) is 5.69 Å². The van der Waals surface area contributed by atoms with Crippen molar-refractivity contribution in [2.75, 3.05) is 11.9 Å². The van der Waals surface area contributed by atoms with Crippen LogP contribution >= 0.6 is 15.9 Å². The molecule has 84 valence electrons. The fourth-order valence-corrected chi connectivity index (χ4v) is 1.76. The number of benzene rings is 1. The van der Waals surface area contributed by atoms with Crippen molar-refractivity contribution in [2.24, 2.45) is 5.73 Å². The number of nitrogens with one attached hydrogen (secondary N) is 1. The first-order chi connectivity index (χ1) is 7.79. The van der Waals surface area contributed by atoms with E-state index in [9.17, 15) is 0 Å². The molecule has 1 unspecified atom stereocenters. The molecule has 0 radical (unpaired) electrons. The van der Waals surface area contributed by atoms with Crippen molar-refractivity contribution >= 4 is 21.6 Å². The number of hydrogen-bond donors (Lipinski definition) is 2. The molecule has 16 heavy (non-hydrogen) atoms. The van der Waals surface area contributed by atoms with Crippen LogP contribution in [0.1, 0.15) is 11.6 Å². The van der Waals surface area contributed by atoms with Gasteiger partial charge in [0, 0.05) is 22.3 Å². The van der Waals surface area contributed by atoms with Crippen molar-refractivity contribution in [3.8, 4) is 0 Å². The fraction of sp³-hybridized carbons (Fsp3) is 0.167. The van der Waals surface area contributed by atoms with Crippen LogP contribution in [0, 0.1) is 0 Å². The van der Waals surface area contributed by atoms with Crippen molar-refractivity contribution in [3.05, 3.63) is 52.9 Å². The molecule has 0 saturated heterocycles. The van der Waals surface area contributed by atoms with Gasteiger partial charge < -0.3 is 15.5 Å². The number of hydrogen-bond acceptors (Lipinski definition) is 3. The van der Waals surface area contributed by atoms with Crippen LogP contribution in [0.5, 0.6) is 0 Å². The molecule has 2 rings (SSSR count). The van der Waals surface area contributed by atoms with Gasteiger partial charge in [0.2, 0.25) is 0 Å². The van der Waals surface area contributed by atoms with Crippen molar-refractivity contribution in [2.45, 2.75) is 6.04 Å². The van der Waals surface area contributed by atoms with Gasteiger partial charge in [0.25, 0.3) is 0 Å². The van der Waals surface area contributed by atoms with E-state index in [1.165, 1.54) is 0 Å². The quantitative estimate of drug-likeness (QED) is 0.905. The zero-order valence-electron chi connectivity index (χ0n) is 8.69. The van der Waals surface area contributed by atoms with E-state index >= 15 is 0 Å². The molecule has 0 aliphatic heterocycles. The third kappa shape index (κ3) is 2.65. The van der Waals surface area contributed by atoms with Crippen LogP contribution in [0.15, 0.2) is 51.7 Å². The van der Waals surface area contributed by atoms with Gasteiger partial charge >= 0.3 is 0 Å². The normalized spacial score (nSPS) is 12.4. The molecule has 0 fully saturated rings. The molecule has 3 N–H and O–H groups in total. The molecule has 1 aromatic carbocycles. The predicted octanol–water partition coefficient (Wildman–Crippen LogP) is 3.15. The molecule has 1 heterocycles. The van der Waals surface area contributed by atoms with Gasteiger partial charge in [0.05, 0.1) is 18.6 Å². The lowest BCUT2D eigenvalue weighted by atomic mass is 10.1. The third-order valence-corrected chi connectivity index (χ3v) is 2.90. The monoisotopic (exact) mass is 280 g/mol. The molecule has 0 spiro atoms. The van der Waals surface area contributed by atoms with Gasteiger partial charge in [-0.3, -0.25) is 0 Å². The molecule has 1 aromatic heterocycles. The zero-order chi connectivity index (χ0) is 11.4. The summed E-state index contributed by atoms with van der Waals surface area (Å²) in [6.07, 6.45) is 3.37. The first kappa shape index (κ1) is 11.2. The summed E-state index contributed by atoms with van der Waals surface area (Å²) in [6, 6.07) is 10.00. The lowest BCUT2D eigenvalue weighted by molar-refractivity contribution is 0.561. The van der Waals surface area contributed by atoms with Gasteiger partial charge in [-0.05, 0) is 30.3 Å². The second-order valence-corrected chi connectivity index (χ2v) is 4.41. The molecule has 0 aliphatic carbocycles. The average Bonchev–Trinajstić information content (AvgIpc) is 2.82. The van der Waals surface area contributed by atoms with Crippen LogP contribution in [0.2, 0.25) is 0 Å². The molecule has 2 aromatic rings. The first-order valence-corrected chi connectivity index (χ1v) is 5.83. The Morgan fingerprint density at radius 2 is 2.00 bits per heavy atom. The van der Waals surface area contributed by atoms with Gasteiger partial charge in [-0.25, -0.2) is 0 Å². The molecule has 1 atom stereocenters. The third-order valence-electron chi connectivity index (χ3n) is 2.37. The van der Waals surface area contributed by atoms with Gasteiger partial charge in [0.1, 0.15) is 0 Å². The maximum Gasteiger partial charge on any atom is 0.0955 e. The van der Waals surface area contributed by atoms with Crippen LogP contribution in [0.3, 0.4) is 0 Å². The maximum atomic E-state index is 5.73. The summed E-state index contributed by atoms with van der Waals surface area (Å²) in [6.45, 7) is 0.523. The SMILES string of the molecule is NCC(Nc1ccc(Br)cc1)c1ccoc1. The highest BCUT2D eigenvalue weighted by Crippen LogP contribution is 2.20. The van der Waals surface area contributed by atoms with Crippen molar-refractivity contribution < 1.29 is 4.42 Å². The Morgan fingerprint density at radius 1 is 1.25 bits per heavy atom. The Balaban J connectivity index is 2.10. The minimum atomic E-state index is 0.0833. The van der Waals surface area contributed by atoms with Crippen LogP contribution in [-0.4, -0.2) is 6.54 Å². The summed E-state index contributed by atoms with van der Waals surface area (Å²) >= 11 is 3.40. The fourth-order valence-electron chi connectivity index (χ4n) is 1.50. The average molecular weight is 281 g/mol. The van der Waals surface area contributed by atoms with Gasteiger partial charge in [-0.15, -0.1) is 0 Å². The largest absolute Gasteiger partial charge is 0.472 e. The summed E-state index contributed by atoms with van der Waals surface area (Å²) in [5.41, 5.74) is 7.83. The summed E-state index contributed by atoms with van der Waals surface area (Å²) in [5, 5.41) is 3.35. The van der Waals surface area contributed by atoms with E-state index in [4.69, 9.17) is 10.2 Å². The first-order valence-electron chi connectivity index (χ1n) is 5.04. The van der Waals surface area contributed by atoms with E-state index in [-0.39, 0.29) is 6.04 Å². The van der Waals surface area contributed by atoms with E-state index in [1.54, 1.807) is 12.5 Å². The smallest absolute Gasteiger partial charge is 0.0955 e. The van der Waals surface area contributed by atoms with Crippen molar-refractivity contribution in [1.29, 1.82) is 0 Å². The predicted molar refractivity (Wildman–Crippen MR) is 68.3 cm³/mol. The summed E-state index contributed by atoms with van der Waals surface area (Å²) < 4.78 is 6.11. The van der Waals surface area contributed by atoms with Crippen LogP contribution in [0.25, 0.3) is 0 Å². The Kier molecular flexibility index (Phi) is 3.64. The minimum Gasteiger partial charge on any atom is -0.472 e. The Labute approximate surface area is 103 Å². The molecule has 3 nitrogen and oxygen atoms in total. The van der Waals surface area contributed by atoms with E-state index in [0.29, 0.717) is 6.54 Å². The van der Waals surface area contributed by atoms with E-state index in [1.807, 2.05) is 30.3 Å².